The standard InChI is InChI=1S/C25H52OSi/c1-8-9-10-11-15-18-21-24(2)22-19-16-13-12-14-17-20-23-26-27(6,7)25(3,4)5/h2,8-23H2,1,3-7H3. The molecule has 0 spiro atoms. The van der Waals surface area contributed by atoms with E-state index < -0.39 is 8.32 Å². The predicted molar refractivity (Wildman–Crippen MR) is 127 cm³/mol. The summed E-state index contributed by atoms with van der Waals surface area (Å²) in [5, 5.41) is 0.339. The van der Waals surface area contributed by atoms with Crippen molar-refractivity contribution in [3.63, 3.8) is 0 Å². The van der Waals surface area contributed by atoms with Crippen molar-refractivity contribution in [1.82, 2.24) is 0 Å². The van der Waals surface area contributed by atoms with Crippen molar-refractivity contribution in [1.29, 1.82) is 0 Å². The quantitative estimate of drug-likeness (QED) is 0.127. The van der Waals surface area contributed by atoms with Crippen molar-refractivity contribution in [2.75, 3.05) is 6.61 Å². The molecule has 0 radical (unpaired) electrons. The molecule has 0 fully saturated rings. The van der Waals surface area contributed by atoms with Gasteiger partial charge in [0.2, 0.25) is 0 Å². The van der Waals surface area contributed by atoms with Gasteiger partial charge in [0.25, 0.3) is 0 Å². The molecule has 0 saturated carbocycles. The van der Waals surface area contributed by atoms with E-state index in [0.717, 1.165) is 6.61 Å². The summed E-state index contributed by atoms with van der Waals surface area (Å²) in [4.78, 5) is 0. The molecule has 1 nitrogen and oxygen atoms in total. The molecule has 0 saturated heterocycles. The maximum atomic E-state index is 6.25. The molecule has 0 heterocycles. The lowest BCUT2D eigenvalue weighted by molar-refractivity contribution is 0.277. The van der Waals surface area contributed by atoms with Gasteiger partial charge in [-0.05, 0) is 50.2 Å². The molecular formula is C25H52OSi. The summed E-state index contributed by atoms with van der Waals surface area (Å²) < 4.78 is 6.25. The minimum atomic E-state index is -1.53. The molecule has 0 aliphatic heterocycles. The van der Waals surface area contributed by atoms with Gasteiger partial charge < -0.3 is 4.43 Å². The van der Waals surface area contributed by atoms with E-state index in [4.69, 9.17) is 4.43 Å². The fourth-order valence-corrected chi connectivity index (χ4v) is 4.27. The Hall–Kier alpha value is -0.0831. The van der Waals surface area contributed by atoms with Gasteiger partial charge in [0.1, 0.15) is 0 Å². The minimum absolute atomic E-state index is 0.339. The maximum absolute atomic E-state index is 6.25. The number of hydrogen-bond acceptors (Lipinski definition) is 1. The molecule has 0 aromatic carbocycles. The fourth-order valence-electron chi connectivity index (χ4n) is 3.19. The van der Waals surface area contributed by atoms with Gasteiger partial charge >= 0.3 is 0 Å². The van der Waals surface area contributed by atoms with E-state index in [-0.39, 0.29) is 0 Å². The van der Waals surface area contributed by atoms with Gasteiger partial charge in [-0.15, -0.1) is 0 Å². The Morgan fingerprint density at radius 2 is 1.11 bits per heavy atom. The second-order valence-electron chi connectivity index (χ2n) is 10.1. The highest BCUT2D eigenvalue weighted by Gasteiger charge is 2.36. The first-order valence-electron chi connectivity index (χ1n) is 12.0. The van der Waals surface area contributed by atoms with Crippen molar-refractivity contribution in [2.45, 2.75) is 142 Å². The zero-order valence-corrected chi connectivity index (χ0v) is 20.9. The van der Waals surface area contributed by atoms with Crippen LogP contribution in [0.25, 0.3) is 0 Å². The Kier molecular flexibility index (Phi) is 15.7. The largest absolute Gasteiger partial charge is 0.417 e. The van der Waals surface area contributed by atoms with Crippen LogP contribution in [0.15, 0.2) is 12.2 Å². The van der Waals surface area contributed by atoms with E-state index >= 15 is 0 Å². The molecule has 0 aromatic heterocycles. The summed E-state index contributed by atoms with van der Waals surface area (Å²) in [5.41, 5.74) is 1.49. The summed E-state index contributed by atoms with van der Waals surface area (Å²) in [5.74, 6) is 0. The van der Waals surface area contributed by atoms with E-state index in [9.17, 15) is 0 Å². The number of allylic oxidation sites excluding steroid dienone is 1. The van der Waals surface area contributed by atoms with Crippen molar-refractivity contribution in [3.05, 3.63) is 12.2 Å². The smallest absolute Gasteiger partial charge is 0.191 e. The van der Waals surface area contributed by atoms with E-state index in [1.54, 1.807) is 0 Å². The third-order valence-electron chi connectivity index (χ3n) is 6.33. The van der Waals surface area contributed by atoms with Crippen LogP contribution in [-0.2, 0) is 4.43 Å². The highest BCUT2D eigenvalue weighted by Crippen LogP contribution is 2.36. The molecule has 0 aliphatic carbocycles. The summed E-state index contributed by atoms with van der Waals surface area (Å²) in [6, 6.07) is 0. The molecule has 162 valence electrons. The Balaban J connectivity index is 3.37. The zero-order valence-electron chi connectivity index (χ0n) is 19.9. The highest BCUT2D eigenvalue weighted by molar-refractivity contribution is 6.74. The average Bonchev–Trinajstić information content (AvgIpc) is 2.58. The van der Waals surface area contributed by atoms with Gasteiger partial charge in [-0.3, -0.25) is 0 Å². The topological polar surface area (TPSA) is 9.23 Å². The summed E-state index contributed by atoms with van der Waals surface area (Å²) >= 11 is 0. The van der Waals surface area contributed by atoms with Gasteiger partial charge in [0, 0.05) is 6.61 Å². The van der Waals surface area contributed by atoms with Crippen LogP contribution in [0.1, 0.15) is 124 Å². The van der Waals surface area contributed by atoms with E-state index in [0.29, 0.717) is 5.04 Å². The Morgan fingerprint density at radius 3 is 1.56 bits per heavy atom. The minimum Gasteiger partial charge on any atom is -0.417 e. The second kappa shape index (κ2) is 15.8. The van der Waals surface area contributed by atoms with Crippen molar-refractivity contribution < 1.29 is 4.43 Å². The van der Waals surface area contributed by atoms with Crippen LogP contribution >= 0.6 is 0 Å². The van der Waals surface area contributed by atoms with Crippen molar-refractivity contribution in [3.8, 4) is 0 Å². The summed E-state index contributed by atoms with van der Waals surface area (Å²) in [7, 11) is -1.53. The van der Waals surface area contributed by atoms with Crippen LogP contribution < -0.4 is 0 Å². The second-order valence-corrected chi connectivity index (χ2v) is 14.9. The molecule has 0 amide bonds. The molecular weight excluding hydrogens is 344 g/mol. The third kappa shape index (κ3) is 15.5. The maximum Gasteiger partial charge on any atom is 0.191 e. The molecule has 0 N–H and O–H groups in total. The molecule has 0 aliphatic rings. The van der Waals surface area contributed by atoms with Gasteiger partial charge in [-0.2, -0.15) is 0 Å². The Morgan fingerprint density at radius 1 is 0.704 bits per heavy atom. The fraction of sp³-hybridized carbons (Fsp3) is 0.920. The molecule has 2 heteroatoms. The molecule has 0 unspecified atom stereocenters. The summed E-state index contributed by atoms with van der Waals surface area (Å²) in [6.07, 6.45) is 20.3. The van der Waals surface area contributed by atoms with E-state index in [1.807, 2.05) is 0 Å². The lowest BCUT2D eigenvalue weighted by atomic mass is 10.0. The third-order valence-corrected chi connectivity index (χ3v) is 10.9. The average molecular weight is 397 g/mol. The predicted octanol–water partition coefficient (Wildman–Crippen LogP) is 9.44. The monoisotopic (exact) mass is 396 g/mol. The van der Waals surface area contributed by atoms with Crippen LogP contribution in [0.3, 0.4) is 0 Å². The lowest BCUT2D eigenvalue weighted by Crippen LogP contribution is -2.40. The van der Waals surface area contributed by atoms with Gasteiger partial charge in [-0.25, -0.2) is 0 Å². The van der Waals surface area contributed by atoms with Gasteiger partial charge in [0.05, 0.1) is 0 Å². The molecule has 0 bridgehead atoms. The van der Waals surface area contributed by atoms with E-state index in [2.05, 4.69) is 47.4 Å². The first-order chi connectivity index (χ1) is 12.7. The Bertz CT molecular complexity index is 354. The molecule has 0 rings (SSSR count). The van der Waals surface area contributed by atoms with Crippen LogP contribution in [0.4, 0.5) is 0 Å². The molecule has 0 aromatic rings. The highest BCUT2D eigenvalue weighted by atomic mass is 28.4. The van der Waals surface area contributed by atoms with Gasteiger partial charge in [-0.1, -0.05) is 104 Å². The van der Waals surface area contributed by atoms with Crippen LogP contribution in [0, 0.1) is 0 Å². The number of rotatable bonds is 18. The molecule has 27 heavy (non-hydrogen) atoms. The first-order valence-corrected chi connectivity index (χ1v) is 14.9. The Labute approximate surface area is 173 Å². The number of hydrogen-bond donors (Lipinski definition) is 0. The lowest BCUT2D eigenvalue weighted by Gasteiger charge is -2.36. The normalized spacial score (nSPS) is 12.5. The van der Waals surface area contributed by atoms with Crippen LogP contribution in [0.2, 0.25) is 18.1 Å². The van der Waals surface area contributed by atoms with E-state index in [1.165, 1.54) is 102 Å². The number of unbranched alkanes of at least 4 members (excludes halogenated alkanes) is 11. The van der Waals surface area contributed by atoms with Crippen molar-refractivity contribution >= 4 is 8.32 Å². The van der Waals surface area contributed by atoms with Crippen molar-refractivity contribution in [2.24, 2.45) is 0 Å². The van der Waals surface area contributed by atoms with Crippen LogP contribution in [0.5, 0.6) is 0 Å². The van der Waals surface area contributed by atoms with Gasteiger partial charge in [0.15, 0.2) is 8.32 Å². The SMILES string of the molecule is C=C(CCCCCCCC)CCCCCCCCCO[Si](C)(C)C(C)(C)C. The zero-order chi connectivity index (χ0) is 20.6. The molecule has 0 atom stereocenters. The van der Waals surface area contributed by atoms with Crippen LogP contribution in [-0.4, -0.2) is 14.9 Å². The summed E-state index contributed by atoms with van der Waals surface area (Å²) in [6.45, 7) is 19.2. The first kappa shape index (κ1) is 26.9.